The maximum Gasteiger partial charge on any atom is 0.490 e. The third-order valence-electron chi connectivity index (χ3n) is 4.99. The summed E-state index contributed by atoms with van der Waals surface area (Å²) >= 11 is 0. The number of alkyl halides is 3. The molecule has 2 saturated heterocycles. The molecule has 1 spiro atoms. The van der Waals surface area contributed by atoms with Gasteiger partial charge in [0.05, 0.1) is 6.04 Å². The molecule has 2 aliphatic rings. The van der Waals surface area contributed by atoms with E-state index < -0.39 is 12.1 Å². The summed E-state index contributed by atoms with van der Waals surface area (Å²) in [5.74, 6) is -2.66. The number of carbonyl (C=O) groups is 2. The molecule has 1 aromatic carbocycles. The zero-order valence-electron chi connectivity index (χ0n) is 15.2. The Morgan fingerprint density at radius 3 is 2.15 bits per heavy atom. The van der Waals surface area contributed by atoms with E-state index >= 15 is 0 Å². The highest BCUT2D eigenvalue weighted by Crippen LogP contribution is 2.40. The van der Waals surface area contributed by atoms with Crippen molar-refractivity contribution in [3.63, 3.8) is 0 Å². The van der Waals surface area contributed by atoms with Crippen LogP contribution < -0.4 is 10.6 Å². The van der Waals surface area contributed by atoms with Gasteiger partial charge in [-0.1, -0.05) is 18.2 Å². The third-order valence-corrected chi connectivity index (χ3v) is 4.99. The molecule has 3 rings (SSSR count). The third kappa shape index (κ3) is 4.98. The van der Waals surface area contributed by atoms with Crippen LogP contribution in [0.5, 0.6) is 0 Å². The summed E-state index contributed by atoms with van der Waals surface area (Å²) in [6.07, 6.45) is -3.13. The Kier molecular flexibility index (Phi) is 6.48. The fourth-order valence-electron chi connectivity index (χ4n) is 3.31. The van der Waals surface area contributed by atoms with Gasteiger partial charge in [-0.15, -0.1) is 0 Å². The van der Waals surface area contributed by atoms with Gasteiger partial charge in [0.25, 0.3) is 0 Å². The van der Waals surface area contributed by atoms with Gasteiger partial charge >= 0.3 is 12.1 Å². The van der Waals surface area contributed by atoms with E-state index in [9.17, 15) is 18.0 Å². The van der Waals surface area contributed by atoms with Crippen molar-refractivity contribution in [2.24, 2.45) is 5.41 Å². The van der Waals surface area contributed by atoms with Crippen molar-refractivity contribution in [2.45, 2.75) is 38.9 Å². The maximum atomic E-state index is 12.6. The quantitative estimate of drug-likeness (QED) is 0.725. The normalized spacial score (nSPS) is 20.9. The molecule has 0 aliphatic carbocycles. The first kappa shape index (κ1) is 21.2. The van der Waals surface area contributed by atoms with Crippen LogP contribution in [0.4, 0.5) is 18.9 Å². The van der Waals surface area contributed by atoms with Gasteiger partial charge in [0.1, 0.15) is 0 Å². The Hall–Kier alpha value is -2.13. The Balaban J connectivity index is 0.000000321. The molecule has 0 bridgehead atoms. The zero-order chi connectivity index (χ0) is 20.2. The summed E-state index contributed by atoms with van der Waals surface area (Å²) in [6.45, 7) is 6.53. The van der Waals surface area contributed by atoms with Crippen LogP contribution in [0.15, 0.2) is 18.2 Å². The van der Waals surface area contributed by atoms with Crippen LogP contribution in [0.2, 0.25) is 0 Å². The minimum Gasteiger partial charge on any atom is -0.475 e. The van der Waals surface area contributed by atoms with Crippen LogP contribution in [-0.4, -0.2) is 49.0 Å². The predicted octanol–water partition coefficient (Wildman–Crippen LogP) is 2.64. The highest BCUT2D eigenvalue weighted by atomic mass is 19.4. The van der Waals surface area contributed by atoms with Gasteiger partial charge in [-0.3, -0.25) is 4.79 Å². The van der Waals surface area contributed by atoms with Gasteiger partial charge in [0.2, 0.25) is 5.91 Å². The number of carbonyl (C=O) groups excluding carboxylic acids is 1. The Bertz CT molecular complexity index is 680. The molecule has 9 heteroatoms. The highest BCUT2D eigenvalue weighted by molar-refractivity contribution is 5.97. The molecule has 2 heterocycles. The number of amides is 1. The molecule has 3 N–H and O–H groups in total. The molecular weight excluding hydrogens is 365 g/mol. The number of rotatable bonds is 2. The first-order valence-corrected chi connectivity index (χ1v) is 8.55. The molecule has 150 valence electrons. The summed E-state index contributed by atoms with van der Waals surface area (Å²) in [4.78, 5) is 21.5. The van der Waals surface area contributed by atoms with Crippen molar-refractivity contribution in [3.05, 3.63) is 29.3 Å². The lowest BCUT2D eigenvalue weighted by molar-refractivity contribution is -0.192. The van der Waals surface area contributed by atoms with E-state index in [4.69, 9.17) is 14.6 Å². The summed E-state index contributed by atoms with van der Waals surface area (Å²) in [5, 5.41) is 13.5. The van der Waals surface area contributed by atoms with Crippen LogP contribution in [-0.2, 0) is 14.3 Å². The number of aliphatic carboxylic acids is 1. The SMILES string of the molecule is Cc1cccc(C)c1NC(=O)C1NCC12CCOCC2.O=C(O)C(F)(F)F. The molecule has 27 heavy (non-hydrogen) atoms. The van der Waals surface area contributed by atoms with E-state index in [1.807, 2.05) is 32.0 Å². The first-order valence-electron chi connectivity index (χ1n) is 8.55. The minimum atomic E-state index is -5.08. The molecule has 2 fully saturated rings. The molecule has 1 atom stereocenters. The number of benzene rings is 1. The lowest BCUT2D eigenvalue weighted by atomic mass is 9.67. The molecule has 0 radical (unpaired) electrons. The van der Waals surface area contributed by atoms with Crippen molar-refractivity contribution in [3.8, 4) is 0 Å². The minimum absolute atomic E-state index is 0.0783. The molecule has 1 aromatic rings. The summed E-state index contributed by atoms with van der Waals surface area (Å²) in [7, 11) is 0. The van der Waals surface area contributed by atoms with E-state index in [1.54, 1.807) is 0 Å². The number of carboxylic acid groups (broad SMARTS) is 1. The fraction of sp³-hybridized carbons (Fsp3) is 0.556. The van der Waals surface area contributed by atoms with E-state index in [0.29, 0.717) is 0 Å². The number of hydrogen-bond donors (Lipinski definition) is 3. The average Bonchev–Trinajstić information content (AvgIpc) is 2.58. The largest absolute Gasteiger partial charge is 0.490 e. The second kappa shape index (κ2) is 8.26. The second-order valence-corrected chi connectivity index (χ2v) is 6.85. The van der Waals surface area contributed by atoms with Gasteiger partial charge in [-0.25, -0.2) is 4.79 Å². The van der Waals surface area contributed by atoms with Crippen LogP contribution in [0.3, 0.4) is 0 Å². The number of carboxylic acids is 1. The highest BCUT2D eigenvalue weighted by Gasteiger charge is 2.51. The van der Waals surface area contributed by atoms with E-state index in [-0.39, 0.29) is 17.4 Å². The van der Waals surface area contributed by atoms with Crippen LogP contribution in [0.25, 0.3) is 0 Å². The zero-order valence-corrected chi connectivity index (χ0v) is 15.2. The van der Waals surface area contributed by atoms with Crippen molar-refractivity contribution < 1.29 is 32.6 Å². The lowest BCUT2D eigenvalue weighted by Crippen LogP contribution is -2.68. The number of para-hydroxylation sites is 1. The summed E-state index contributed by atoms with van der Waals surface area (Å²) in [5.41, 5.74) is 3.28. The molecule has 6 nitrogen and oxygen atoms in total. The first-order chi connectivity index (χ1) is 12.6. The Labute approximate surface area is 155 Å². The number of hydrogen-bond acceptors (Lipinski definition) is 4. The molecule has 1 amide bonds. The predicted molar refractivity (Wildman–Crippen MR) is 92.5 cm³/mol. The standard InChI is InChI=1S/C16H22N2O2.C2HF3O2/c1-11-4-3-5-12(2)13(11)18-15(19)14-16(10-17-14)6-8-20-9-7-16;3-2(4,5)1(6)7/h3-5,14,17H,6-10H2,1-2H3,(H,18,19);(H,6,7). The Morgan fingerprint density at radius 2 is 1.74 bits per heavy atom. The fourth-order valence-corrected chi connectivity index (χ4v) is 3.31. The number of aryl methyl sites for hydroxylation is 2. The monoisotopic (exact) mass is 388 g/mol. The maximum absolute atomic E-state index is 12.6. The number of halogens is 3. The van der Waals surface area contributed by atoms with Crippen molar-refractivity contribution in [1.82, 2.24) is 5.32 Å². The van der Waals surface area contributed by atoms with Gasteiger partial charge in [-0.2, -0.15) is 13.2 Å². The van der Waals surface area contributed by atoms with Crippen LogP contribution in [0, 0.1) is 19.3 Å². The van der Waals surface area contributed by atoms with Crippen molar-refractivity contribution >= 4 is 17.6 Å². The average molecular weight is 388 g/mol. The van der Waals surface area contributed by atoms with E-state index in [1.165, 1.54) is 0 Å². The van der Waals surface area contributed by atoms with Gasteiger partial charge in [-0.05, 0) is 37.8 Å². The lowest BCUT2D eigenvalue weighted by Gasteiger charge is -2.51. The van der Waals surface area contributed by atoms with Crippen molar-refractivity contribution in [2.75, 3.05) is 25.1 Å². The molecule has 2 aliphatic heterocycles. The molecule has 1 unspecified atom stereocenters. The van der Waals surface area contributed by atoms with Gasteiger partial charge in [0, 0.05) is 30.9 Å². The van der Waals surface area contributed by atoms with Gasteiger partial charge in [0.15, 0.2) is 0 Å². The number of ether oxygens (including phenoxy) is 1. The Morgan fingerprint density at radius 1 is 1.22 bits per heavy atom. The smallest absolute Gasteiger partial charge is 0.475 e. The van der Waals surface area contributed by atoms with E-state index in [0.717, 1.165) is 49.4 Å². The molecule has 0 aromatic heterocycles. The van der Waals surface area contributed by atoms with Crippen LogP contribution >= 0.6 is 0 Å². The number of anilines is 1. The summed E-state index contributed by atoms with van der Waals surface area (Å²) in [6, 6.07) is 6.00. The second-order valence-electron chi connectivity index (χ2n) is 6.85. The van der Waals surface area contributed by atoms with Crippen molar-refractivity contribution in [1.29, 1.82) is 0 Å². The molecular formula is C18H23F3N2O4. The van der Waals surface area contributed by atoms with Gasteiger partial charge < -0.3 is 20.5 Å². The number of nitrogens with one attached hydrogen (secondary N) is 2. The van der Waals surface area contributed by atoms with E-state index in [2.05, 4.69) is 10.6 Å². The van der Waals surface area contributed by atoms with Crippen LogP contribution in [0.1, 0.15) is 24.0 Å². The summed E-state index contributed by atoms with van der Waals surface area (Å²) < 4.78 is 37.2. The molecule has 0 saturated carbocycles. The topological polar surface area (TPSA) is 87.7 Å².